The normalized spacial score (nSPS) is 10.8. The minimum Gasteiger partial charge on any atom is -0.302 e. The highest BCUT2D eigenvalue weighted by molar-refractivity contribution is 9.10. The Kier molecular flexibility index (Phi) is 5.71. The maximum atomic E-state index is 10.8. The van der Waals surface area contributed by atoms with E-state index in [0.29, 0.717) is 6.42 Å². The van der Waals surface area contributed by atoms with E-state index in [9.17, 15) is 4.79 Å². The van der Waals surface area contributed by atoms with Gasteiger partial charge in [0.1, 0.15) is 5.78 Å². The highest BCUT2D eigenvalue weighted by Gasteiger charge is 2.03. The molecule has 0 N–H and O–H groups in total. The van der Waals surface area contributed by atoms with E-state index < -0.39 is 0 Å². The Morgan fingerprint density at radius 1 is 1.38 bits per heavy atom. The first-order chi connectivity index (χ1) is 7.59. The molecule has 0 amide bonds. The van der Waals surface area contributed by atoms with Crippen molar-refractivity contribution >= 4 is 21.7 Å². The van der Waals surface area contributed by atoms with Crippen molar-refractivity contribution in [2.75, 3.05) is 13.6 Å². The van der Waals surface area contributed by atoms with E-state index in [0.717, 1.165) is 24.0 Å². The second-order valence-electron chi connectivity index (χ2n) is 4.13. The van der Waals surface area contributed by atoms with Crippen molar-refractivity contribution in [3.05, 3.63) is 34.3 Å². The number of rotatable bonds is 6. The number of halogens is 1. The SMILES string of the molecule is CC(=O)CCCN(C)Cc1ccccc1Br. The maximum absolute atomic E-state index is 10.8. The van der Waals surface area contributed by atoms with Gasteiger partial charge in [-0.25, -0.2) is 0 Å². The van der Waals surface area contributed by atoms with Crippen LogP contribution in [-0.2, 0) is 11.3 Å². The van der Waals surface area contributed by atoms with E-state index in [1.807, 2.05) is 12.1 Å². The third-order valence-electron chi connectivity index (χ3n) is 2.47. The highest BCUT2D eigenvalue weighted by Crippen LogP contribution is 2.17. The molecule has 0 fully saturated rings. The van der Waals surface area contributed by atoms with Crippen LogP contribution in [0.1, 0.15) is 25.3 Å². The summed E-state index contributed by atoms with van der Waals surface area (Å²) in [6.45, 7) is 3.52. The second kappa shape index (κ2) is 6.81. The summed E-state index contributed by atoms with van der Waals surface area (Å²) in [5.41, 5.74) is 1.29. The van der Waals surface area contributed by atoms with Gasteiger partial charge in [0, 0.05) is 17.4 Å². The lowest BCUT2D eigenvalue weighted by Crippen LogP contribution is -2.19. The van der Waals surface area contributed by atoms with Crippen molar-refractivity contribution in [2.24, 2.45) is 0 Å². The van der Waals surface area contributed by atoms with Crippen molar-refractivity contribution < 1.29 is 4.79 Å². The van der Waals surface area contributed by atoms with Crippen molar-refractivity contribution in [1.29, 1.82) is 0 Å². The molecule has 0 radical (unpaired) electrons. The Hall–Kier alpha value is -0.670. The fraction of sp³-hybridized carbons (Fsp3) is 0.462. The largest absolute Gasteiger partial charge is 0.302 e. The molecule has 88 valence electrons. The standard InChI is InChI=1S/C13H18BrNO/c1-11(16)6-5-9-15(2)10-12-7-3-4-8-13(12)14/h3-4,7-8H,5-6,9-10H2,1-2H3. The molecule has 0 aliphatic carbocycles. The number of nitrogens with zero attached hydrogens (tertiary/aromatic N) is 1. The quantitative estimate of drug-likeness (QED) is 0.799. The lowest BCUT2D eigenvalue weighted by molar-refractivity contribution is -0.117. The summed E-state index contributed by atoms with van der Waals surface area (Å²) in [5.74, 6) is 0.272. The van der Waals surface area contributed by atoms with Crippen molar-refractivity contribution in [3.8, 4) is 0 Å². The predicted octanol–water partition coefficient (Wildman–Crippen LogP) is 3.25. The molecule has 1 rings (SSSR count). The molecule has 0 saturated heterocycles. The minimum atomic E-state index is 0.272. The second-order valence-corrected chi connectivity index (χ2v) is 4.99. The zero-order chi connectivity index (χ0) is 12.0. The van der Waals surface area contributed by atoms with E-state index in [1.165, 1.54) is 5.56 Å². The van der Waals surface area contributed by atoms with Gasteiger partial charge in [-0.05, 0) is 38.6 Å². The van der Waals surface area contributed by atoms with Gasteiger partial charge < -0.3 is 9.69 Å². The lowest BCUT2D eigenvalue weighted by Gasteiger charge is -2.17. The summed E-state index contributed by atoms with van der Waals surface area (Å²) in [4.78, 5) is 13.1. The van der Waals surface area contributed by atoms with Crippen LogP contribution in [0.25, 0.3) is 0 Å². The Morgan fingerprint density at radius 2 is 2.06 bits per heavy atom. The molecule has 0 heterocycles. The molecular formula is C13H18BrNO. The fourth-order valence-electron chi connectivity index (χ4n) is 1.59. The molecule has 3 heteroatoms. The number of benzene rings is 1. The first kappa shape index (κ1) is 13.4. The minimum absolute atomic E-state index is 0.272. The Balaban J connectivity index is 2.37. The van der Waals surface area contributed by atoms with E-state index in [4.69, 9.17) is 0 Å². The molecule has 0 saturated carbocycles. The fourth-order valence-corrected chi connectivity index (χ4v) is 2.00. The van der Waals surface area contributed by atoms with Gasteiger partial charge in [-0.15, -0.1) is 0 Å². The van der Waals surface area contributed by atoms with Gasteiger partial charge in [0.2, 0.25) is 0 Å². The third-order valence-corrected chi connectivity index (χ3v) is 3.24. The van der Waals surface area contributed by atoms with Crippen LogP contribution < -0.4 is 0 Å². The summed E-state index contributed by atoms with van der Waals surface area (Å²) >= 11 is 3.54. The molecule has 0 spiro atoms. The molecule has 1 aromatic carbocycles. The highest BCUT2D eigenvalue weighted by atomic mass is 79.9. The van der Waals surface area contributed by atoms with Crippen LogP contribution in [0.15, 0.2) is 28.7 Å². The monoisotopic (exact) mass is 283 g/mol. The van der Waals surface area contributed by atoms with Crippen LogP contribution in [-0.4, -0.2) is 24.3 Å². The number of Topliss-reactive ketones (excluding diaryl/α,β-unsaturated/α-hetero) is 1. The third kappa shape index (κ3) is 4.90. The van der Waals surface area contributed by atoms with Gasteiger partial charge in [-0.2, -0.15) is 0 Å². The smallest absolute Gasteiger partial charge is 0.129 e. The molecule has 0 atom stereocenters. The first-order valence-corrected chi connectivity index (χ1v) is 6.30. The van der Waals surface area contributed by atoms with Gasteiger partial charge in [0.25, 0.3) is 0 Å². The van der Waals surface area contributed by atoms with E-state index in [-0.39, 0.29) is 5.78 Å². The Morgan fingerprint density at radius 3 is 2.69 bits per heavy atom. The van der Waals surface area contributed by atoms with Gasteiger partial charge in [0.15, 0.2) is 0 Å². The average molecular weight is 284 g/mol. The molecule has 0 aliphatic heterocycles. The number of carbonyl (C=O) groups is 1. The summed E-state index contributed by atoms with van der Waals surface area (Å²) < 4.78 is 1.15. The van der Waals surface area contributed by atoms with Crippen LogP contribution in [0, 0.1) is 0 Å². The summed E-state index contributed by atoms with van der Waals surface area (Å²) in [7, 11) is 2.08. The topological polar surface area (TPSA) is 20.3 Å². The molecule has 0 unspecified atom stereocenters. The van der Waals surface area contributed by atoms with Crippen molar-refractivity contribution in [1.82, 2.24) is 4.90 Å². The van der Waals surface area contributed by atoms with Crippen LogP contribution in [0.4, 0.5) is 0 Å². The van der Waals surface area contributed by atoms with Crippen molar-refractivity contribution in [2.45, 2.75) is 26.3 Å². The number of carbonyl (C=O) groups excluding carboxylic acids is 1. The zero-order valence-corrected chi connectivity index (χ0v) is 11.5. The molecule has 0 aromatic heterocycles. The van der Waals surface area contributed by atoms with Gasteiger partial charge >= 0.3 is 0 Å². The molecule has 2 nitrogen and oxygen atoms in total. The van der Waals surface area contributed by atoms with E-state index >= 15 is 0 Å². The summed E-state index contributed by atoms with van der Waals surface area (Å²) in [5, 5.41) is 0. The van der Waals surface area contributed by atoms with Crippen molar-refractivity contribution in [3.63, 3.8) is 0 Å². The average Bonchev–Trinajstić information content (AvgIpc) is 2.21. The Labute approximate surface area is 106 Å². The zero-order valence-electron chi connectivity index (χ0n) is 9.87. The predicted molar refractivity (Wildman–Crippen MR) is 70.4 cm³/mol. The molecule has 0 bridgehead atoms. The van der Waals surface area contributed by atoms with E-state index in [1.54, 1.807) is 6.92 Å². The molecule has 0 aliphatic rings. The van der Waals surface area contributed by atoms with E-state index in [2.05, 4.69) is 40.0 Å². The number of ketones is 1. The lowest BCUT2D eigenvalue weighted by atomic mass is 10.2. The summed E-state index contributed by atoms with van der Waals surface area (Å²) in [6.07, 6.45) is 1.62. The van der Waals surface area contributed by atoms with Crippen LogP contribution in [0.5, 0.6) is 0 Å². The van der Waals surface area contributed by atoms with Crippen LogP contribution in [0.2, 0.25) is 0 Å². The van der Waals surface area contributed by atoms with Gasteiger partial charge in [0.05, 0.1) is 0 Å². The van der Waals surface area contributed by atoms with Crippen LogP contribution >= 0.6 is 15.9 Å². The molecule has 16 heavy (non-hydrogen) atoms. The van der Waals surface area contributed by atoms with Gasteiger partial charge in [-0.3, -0.25) is 0 Å². The number of hydrogen-bond donors (Lipinski definition) is 0. The first-order valence-electron chi connectivity index (χ1n) is 5.51. The Bertz CT molecular complexity index is 352. The molecule has 1 aromatic rings. The van der Waals surface area contributed by atoms with Gasteiger partial charge in [-0.1, -0.05) is 34.1 Å². The molecular weight excluding hydrogens is 266 g/mol. The summed E-state index contributed by atoms with van der Waals surface area (Å²) in [6, 6.07) is 8.23. The van der Waals surface area contributed by atoms with Crippen LogP contribution in [0.3, 0.4) is 0 Å². The maximum Gasteiger partial charge on any atom is 0.129 e. The number of hydrogen-bond acceptors (Lipinski definition) is 2.